The van der Waals surface area contributed by atoms with E-state index in [9.17, 15) is 9.18 Å². The van der Waals surface area contributed by atoms with Crippen molar-refractivity contribution in [3.8, 4) is 11.5 Å². The van der Waals surface area contributed by atoms with Gasteiger partial charge in [-0.05, 0) is 41.5 Å². The second-order valence-electron chi connectivity index (χ2n) is 6.09. The summed E-state index contributed by atoms with van der Waals surface area (Å²) in [4.78, 5) is 12.3. The highest BCUT2D eigenvalue weighted by atomic mass is 19.1. The van der Waals surface area contributed by atoms with Crippen LogP contribution in [-0.4, -0.2) is 25.2 Å². The Morgan fingerprint density at radius 1 is 1.04 bits per heavy atom. The normalized spacial score (nSPS) is 11.8. The maximum atomic E-state index is 13.7. The molecule has 0 radical (unpaired) electrons. The summed E-state index contributed by atoms with van der Waals surface area (Å²) in [5, 5.41) is 5.02. The Hall–Kier alpha value is -3.08. The molecule has 1 atom stereocenters. The van der Waals surface area contributed by atoms with E-state index in [-0.39, 0.29) is 11.7 Å². The van der Waals surface area contributed by atoms with E-state index in [1.54, 1.807) is 12.1 Å². The van der Waals surface area contributed by atoms with E-state index in [2.05, 4.69) is 5.32 Å². The van der Waals surface area contributed by atoms with E-state index in [1.165, 1.54) is 12.1 Å². The molecule has 0 fully saturated rings. The third-order valence-electron chi connectivity index (χ3n) is 4.16. The Balaban J connectivity index is 1.48. The van der Waals surface area contributed by atoms with Gasteiger partial charge in [0.2, 0.25) is 0 Å². The molecule has 0 aliphatic carbocycles. The van der Waals surface area contributed by atoms with E-state index in [1.807, 2.05) is 49.4 Å². The summed E-state index contributed by atoms with van der Waals surface area (Å²) in [6.45, 7) is 2.49. The fourth-order valence-corrected chi connectivity index (χ4v) is 2.73. The van der Waals surface area contributed by atoms with E-state index in [0.29, 0.717) is 19.6 Å². The van der Waals surface area contributed by atoms with Crippen LogP contribution in [0.4, 0.5) is 4.39 Å². The highest BCUT2D eigenvalue weighted by molar-refractivity contribution is 5.83. The third kappa shape index (κ3) is 4.97. The monoisotopic (exact) mass is 367 g/mol. The van der Waals surface area contributed by atoms with Gasteiger partial charge in [0.1, 0.15) is 12.4 Å². The average molecular weight is 367 g/mol. The first-order valence-electron chi connectivity index (χ1n) is 8.98. The van der Waals surface area contributed by atoms with Crippen molar-refractivity contribution < 1.29 is 18.7 Å². The molecule has 3 aromatic rings. The summed E-state index contributed by atoms with van der Waals surface area (Å²) >= 11 is 0. The van der Waals surface area contributed by atoms with Crippen LogP contribution < -0.4 is 14.8 Å². The summed E-state index contributed by atoms with van der Waals surface area (Å²) in [7, 11) is 0. The number of hydrogen-bond acceptors (Lipinski definition) is 3. The van der Waals surface area contributed by atoms with E-state index in [4.69, 9.17) is 9.47 Å². The highest BCUT2D eigenvalue weighted by Crippen LogP contribution is 2.20. The number of nitrogens with one attached hydrogen (secondary N) is 1. The zero-order chi connectivity index (χ0) is 19.1. The molecule has 1 amide bonds. The van der Waals surface area contributed by atoms with Crippen LogP contribution in [-0.2, 0) is 4.79 Å². The standard InChI is InChI=1S/C22H22FNO3/c1-2-20(27-21-10-6-5-9-19(21)23)22(25)24-13-14-26-18-12-11-16-7-3-4-8-17(16)15-18/h3-12,15,20H,2,13-14H2,1H3,(H,24,25)/t20-/m1/s1. The van der Waals surface area contributed by atoms with Crippen LogP contribution in [0.3, 0.4) is 0 Å². The Morgan fingerprint density at radius 3 is 2.56 bits per heavy atom. The molecule has 0 bridgehead atoms. The summed E-state index contributed by atoms with van der Waals surface area (Å²) in [5.41, 5.74) is 0. The number of para-hydroxylation sites is 1. The van der Waals surface area contributed by atoms with Gasteiger partial charge in [0.05, 0.1) is 6.54 Å². The van der Waals surface area contributed by atoms with Crippen LogP contribution in [0, 0.1) is 5.82 Å². The van der Waals surface area contributed by atoms with E-state index in [0.717, 1.165) is 16.5 Å². The van der Waals surface area contributed by atoms with Gasteiger partial charge in [-0.25, -0.2) is 4.39 Å². The number of amides is 1. The lowest BCUT2D eigenvalue weighted by atomic mass is 10.1. The van der Waals surface area contributed by atoms with E-state index >= 15 is 0 Å². The summed E-state index contributed by atoms with van der Waals surface area (Å²) in [6, 6.07) is 20.0. The van der Waals surface area contributed by atoms with Gasteiger partial charge in [-0.1, -0.05) is 49.4 Å². The average Bonchev–Trinajstić information content (AvgIpc) is 2.70. The Morgan fingerprint density at radius 2 is 1.78 bits per heavy atom. The van der Waals surface area contributed by atoms with Gasteiger partial charge in [-0.15, -0.1) is 0 Å². The number of halogens is 1. The molecule has 27 heavy (non-hydrogen) atoms. The van der Waals surface area contributed by atoms with Crippen LogP contribution in [0.1, 0.15) is 13.3 Å². The zero-order valence-electron chi connectivity index (χ0n) is 15.2. The second kappa shape index (κ2) is 9.03. The van der Waals surface area contributed by atoms with Gasteiger partial charge in [0.25, 0.3) is 5.91 Å². The van der Waals surface area contributed by atoms with Crippen molar-refractivity contribution in [3.05, 3.63) is 72.5 Å². The minimum atomic E-state index is -0.748. The lowest BCUT2D eigenvalue weighted by Gasteiger charge is -2.17. The molecule has 3 rings (SSSR count). The van der Waals surface area contributed by atoms with E-state index < -0.39 is 11.9 Å². The van der Waals surface area contributed by atoms with Gasteiger partial charge in [0, 0.05) is 0 Å². The van der Waals surface area contributed by atoms with Crippen molar-refractivity contribution in [3.63, 3.8) is 0 Å². The molecular weight excluding hydrogens is 345 g/mol. The second-order valence-corrected chi connectivity index (χ2v) is 6.09. The molecule has 0 aromatic heterocycles. The number of ether oxygens (including phenoxy) is 2. The predicted octanol–water partition coefficient (Wildman–Crippen LogP) is 4.33. The molecule has 5 heteroatoms. The number of hydrogen-bond donors (Lipinski definition) is 1. The lowest BCUT2D eigenvalue weighted by Crippen LogP contribution is -2.39. The largest absolute Gasteiger partial charge is 0.492 e. The topological polar surface area (TPSA) is 47.6 Å². The Labute approximate surface area is 157 Å². The molecule has 0 unspecified atom stereocenters. The lowest BCUT2D eigenvalue weighted by molar-refractivity contribution is -0.128. The van der Waals surface area contributed by atoms with Crippen LogP contribution in [0.15, 0.2) is 66.7 Å². The van der Waals surface area contributed by atoms with Crippen molar-refractivity contribution in [2.24, 2.45) is 0 Å². The van der Waals surface area contributed by atoms with Crippen molar-refractivity contribution in [2.75, 3.05) is 13.2 Å². The van der Waals surface area contributed by atoms with Crippen molar-refractivity contribution >= 4 is 16.7 Å². The predicted molar refractivity (Wildman–Crippen MR) is 104 cm³/mol. The number of benzene rings is 3. The molecule has 0 heterocycles. The molecule has 0 saturated heterocycles. The molecule has 3 aromatic carbocycles. The molecule has 0 saturated carbocycles. The van der Waals surface area contributed by atoms with Gasteiger partial charge in [0.15, 0.2) is 17.7 Å². The summed E-state index contributed by atoms with van der Waals surface area (Å²) in [5.74, 6) is 0.0516. The first-order valence-corrected chi connectivity index (χ1v) is 8.98. The molecule has 1 N–H and O–H groups in total. The smallest absolute Gasteiger partial charge is 0.261 e. The first kappa shape index (κ1) is 18.7. The molecule has 4 nitrogen and oxygen atoms in total. The van der Waals surface area contributed by atoms with Crippen LogP contribution in [0.5, 0.6) is 11.5 Å². The maximum absolute atomic E-state index is 13.7. The van der Waals surface area contributed by atoms with Crippen LogP contribution >= 0.6 is 0 Å². The Kier molecular flexibility index (Phi) is 6.26. The molecular formula is C22H22FNO3. The van der Waals surface area contributed by atoms with Gasteiger partial charge < -0.3 is 14.8 Å². The molecule has 0 spiro atoms. The minimum absolute atomic E-state index is 0.0758. The van der Waals surface area contributed by atoms with Crippen molar-refractivity contribution in [1.29, 1.82) is 0 Å². The summed E-state index contributed by atoms with van der Waals surface area (Å²) < 4.78 is 24.9. The highest BCUT2D eigenvalue weighted by Gasteiger charge is 2.19. The van der Waals surface area contributed by atoms with Gasteiger partial charge in [-0.3, -0.25) is 4.79 Å². The number of fused-ring (bicyclic) bond motifs is 1. The SMILES string of the molecule is CC[C@@H](Oc1ccccc1F)C(=O)NCCOc1ccc2ccccc2c1. The molecule has 0 aliphatic heterocycles. The molecule has 140 valence electrons. The summed E-state index contributed by atoms with van der Waals surface area (Å²) in [6.07, 6.45) is -0.311. The minimum Gasteiger partial charge on any atom is -0.492 e. The van der Waals surface area contributed by atoms with Crippen molar-refractivity contribution in [1.82, 2.24) is 5.32 Å². The fourth-order valence-electron chi connectivity index (χ4n) is 2.73. The van der Waals surface area contributed by atoms with Gasteiger partial charge in [-0.2, -0.15) is 0 Å². The quantitative estimate of drug-likeness (QED) is 0.603. The Bertz CT molecular complexity index is 913. The molecule has 0 aliphatic rings. The van der Waals surface area contributed by atoms with Crippen LogP contribution in [0.25, 0.3) is 10.8 Å². The number of carbonyl (C=O) groups excluding carboxylic acids is 1. The third-order valence-corrected chi connectivity index (χ3v) is 4.16. The zero-order valence-corrected chi connectivity index (χ0v) is 15.2. The first-order chi connectivity index (χ1) is 13.2. The number of rotatable bonds is 8. The van der Waals surface area contributed by atoms with Gasteiger partial charge >= 0.3 is 0 Å². The van der Waals surface area contributed by atoms with Crippen molar-refractivity contribution in [2.45, 2.75) is 19.4 Å². The number of carbonyl (C=O) groups is 1. The van der Waals surface area contributed by atoms with Crippen LogP contribution in [0.2, 0.25) is 0 Å². The fraction of sp³-hybridized carbons (Fsp3) is 0.227. The maximum Gasteiger partial charge on any atom is 0.261 e.